The molecule has 2 heterocycles. The number of phenolic OH excluding ortho intramolecular Hbond substituents is 1. The molecule has 22 heavy (non-hydrogen) atoms. The van der Waals surface area contributed by atoms with Crippen molar-refractivity contribution in [3.05, 3.63) is 35.9 Å². The third kappa shape index (κ3) is 2.71. The molecule has 1 aromatic rings. The highest BCUT2D eigenvalue weighted by Crippen LogP contribution is 2.27. The Morgan fingerprint density at radius 3 is 2.91 bits per heavy atom. The largest absolute Gasteiger partial charge is 0.508 e. The summed E-state index contributed by atoms with van der Waals surface area (Å²) in [6.07, 6.45) is 3.84. The third-order valence-electron chi connectivity index (χ3n) is 4.39. The first-order valence-corrected chi connectivity index (χ1v) is 7.57. The maximum atomic E-state index is 12.7. The predicted molar refractivity (Wildman–Crippen MR) is 83.1 cm³/mol. The zero-order valence-corrected chi connectivity index (χ0v) is 12.6. The Balaban J connectivity index is 1.76. The lowest BCUT2D eigenvalue weighted by atomic mass is 9.95. The molecule has 0 aliphatic carbocycles. The Kier molecular flexibility index (Phi) is 3.64. The lowest BCUT2D eigenvalue weighted by Crippen LogP contribution is -2.54. The highest BCUT2D eigenvalue weighted by atomic mass is 16.3. The van der Waals surface area contributed by atoms with Crippen molar-refractivity contribution in [3.63, 3.8) is 0 Å². The maximum absolute atomic E-state index is 12.7. The van der Waals surface area contributed by atoms with Gasteiger partial charge in [0.2, 0.25) is 11.8 Å². The highest BCUT2D eigenvalue weighted by Gasteiger charge is 2.42. The number of hydrogen-bond donors (Lipinski definition) is 2. The second-order valence-corrected chi connectivity index (χ2v) is 6.18. The number of phenols is 1. The van der Waals surface area contributed by atoms with Crippen LogP contribution in [0.2, 0.25) is 0 Å². The minimum Gasteiger partial charge on any atom is -0.508 e. The number of rotatable bonds is 2. The number of carbonyl (C=O) groups is 2. The minimum absolute atomic E-state index is 0.0240. The second kappa shape index (κ2) is 5.48. The summed E-state index contributed by atoms with van der Waals surface area (Å²) in [6, 6.07) is 7.06. The first kappa shape index (κ1) is 14.6. The van der Waals surface area contributed by atoms with Gasteiger partial charge in [0.25, 0.3) is 0 Å². The van der Waals surface area contributed by atoms with E-state index in [4.69, 9.17) is 0 Å². The molecule has 0 bridgehead atoms. The van der Waals surface area contributed by atoms with Gasteiger partial charge in [-0.3, -0.25) is 9.59 Å². The summed E-state index contributed by atoms with van der Waals surface area (Å²) in [5.74, 6) is 0.137. The molecule has 5 nitrogen and oxygen atoms in total. The molecule has 116 valence electrons. The Hall–Kier alpha value is -2.30. The van der Waals surface area contributed by atoms with Crippen LogP contribution in [-0.4, -0.2) is 40.4 Å². The van der Waals surface area contributed by atoms with Crippen LogP contribution >= 0.6 is 0 Å². The molecule has 0 unspecified atom stereocenters. The molecule has 2 aliphatic heterocycles. The van der Waals surface area contributed by atoms with Gasteiger partial charge >= 0.3 is 0 Å². The second-order valence-electron chi connectivity index (χ2n) is 6.18. The number of carbonyl (C=O) groups excluding carboxylic acids is 2. The van der Waals surface area contributed by atoms with E-state index >= 15 is 0 Å². The smallest absolute Gasteiger partial charge is 0.248 e. The van der Waals surface area contributed by atoms with Crippen molar-refractivity contribution in [1.82, 2.24) is 10.2 Å². The number of amides is 2. The molecule has 0 aromatic heterocycles. The monoisotopic (exact) mass is 300 g/mol. The predicted octanol–water partition coefficient (Wildman–Crippen LogP) is 1.68. The van der Waals surface area contributed by atoms with Gasteiger partial charge in [-0.2, -0.15) is 0 Å². The topological polar surface area (TPSA) is 69.6 Å². The van der Waals surface area contributed by atoms with Crippen LogP contribution in [0.15, 0.2) is 30.3 Å². The zero-order valence-electron chi connectivity index (χ0n) is 12.6. The molecule has 1 atom stereocenters. The van der Waals surface area contributed by atoms with Crippen LogP contribution in [0.1, 0.15) is 31.7 Å². The molecule has 2 amide bonds. The van der Waals surface area contributed by atoms with Crippen molar-refractivity contribution in [2.45, 2.75) is 31.7 Å². The van der Waals surface area contributed by atoms with Crippen molar-refractivity contribution in [2.75, 3.05) is 13.1 Å². The van der Waals surface area contributed by atoms with Gasteiger partial charge in [-0.15, -0.1) is 0 Å². The molecular weight excluding hydrogens is 280 g/mol. The summed E-state index contributed by atoms with van der Waals surface area (Å²) in [5, 5.41) is 12.4. The molecule has 1 saturated heterocycles. The first-order chi connectivity index (χ1) is 10.5. The SMILES string of the molecule is C[C@@]1(C(=O)N2CCC=C(c3cccc(O)c3)C2)CCC(=O)N1. The van der Waals surface area contributed by atoms with Crippen LogP contribution in [0.3, 0.4) is 0 Å². The van der Waals surface area contributed by atoms with E-state index in [1.165, 1.54) is 0 Å². The van der Waals surface area contributed by atoms with Crippen LogP contribution in [0, 0.1) is 0 Å². The quantitative estimate of drug-likeness (QED) is 0.873. The summed E-state index contributed by atoms with van der Waals surface area (Å²) in [4.78, 5) is 26.0. The molecule has 0 radical (unpaired) electrons. The number of hydrogen-bond acceptors (Lipinski definition) is 3. The Morgan fingerprint density at radius 2 is 2.23 bits per heavy atom. The number of nitrogens with one attached hydrogen (secondary N) is 1. The molecule has 0 spiro atoms. The number of benzene rings is 1. The molecule has 1 fully saturated rings. The molecule has 1 aromatic carbocycles. The van der Waals surface area contributed by atoms with Crippen molar-refractivity contribution in [2.24, 2.45) is 0 Å². The molecule has 2 aliphatic rings. The van der Waals surface area contributed by atoms with Gasteiger partial charge in [-0.1, -0.05) is 18.2 Å². The van der Waals surface area contributed by atoms with Gasteiger partial charge in [-0.05, 0) is 43.0 Å². The first-order valence-electron chi connectivity index (χ1n) is 7.57. The van der Waals surface area contributed by atoms with Crippen molar-refractivity contribution in [1.29, 1.82) is 0 Å². The molecule has 3 rings (SSSR count). The van der Waals surface area contributed by atoms with E-state index in [1.807, 2.05) is 6.07 Å². The average molecular weight is 300 g/mol. The molecular formula is C17H20N2O3. The van der Waals surface area contributed by atoms with Gasteiger partial charge in [-0.25, -0.2) is 0 Å². The van der Waals surface area contributed by atoms with Crippen LogP contribution in [0.25, 0.3) is 5.57 Å². The summed E-state index contributed by atoms with van der Waals surface area (Å²) in [7, 11) is 0. The molecule has 0 saturated carbocycles. The van der Waals surface area contributed by atoms with Crippen LogP contribution < -0.4 is 5.32 Å². The van der Waals surface area contributed by atoms with E-state index in [1.54, 1.807) is 30.0 Å². The van der Waals surface area contributed by atoms with Gasteiger partial charge < -0.3 is 15.3 Å². The third-order valence-corrected chi connectivity index (χ3v) is 4.39. The van der Waals surface area contributed by atoms with E-state index in [9.17, 15) is 14.7 Å². The summed E-state index contributed by atoms with van der Waals surface area (Å²) in [5.41, 5.74) is 1.18. The normalized spacial score (nSPS) is 24.9. The fraction of sp³-hybridized carbons (Fsp3) is 0.412. The average Bonchev–Trinajstić information content (AvgIpc) is 2.87. The lowest BCUT2D eigenvalue weighted by molar-refractivity contribution is -0.138. The Morgan fingerprint density at radius 1 is 1.41 bits per heavy atom. The standard InChI is InChI=1S/C17H20N2O3/c1-17(8-7-15(21)18-17)16(22)19-9-3-5-13(11-19)12-4-2-6-14(20)10-12/h2,4-6,10,20H,3,7-9,11H2,1H3,(H,18,21)/t17-/m0/s1. The fourth-order valence-electron chi connectivity index (χ4n) is 3.14. The zero-order chi connectivity index (χ0) is 15.7. The van der Waals surface area contributed by atoms with Crippen molar-refractivity contribution < 1.29 is 14.7 Å². The summed E-state index contributed by atoms with van der Waals surface area (Å²) < 4.78 is 0. The minimum atomic E-state index is -0.779. The van der Waals surface area contributed by atoms with Gasteiger partial charge in [0.05, 0.1) is 0 Å². The van der Waals surface area contributed by atoms with Gasteiger partial charge in [0.1, 0.15) is 11.3 Å². The Bertz CT molecular complexity index is 653. The fourth-order valence-corrected chi connectivity index (χ4v) is 3.14. The molecule has 2 N–H and O–H groups in total. The number of aromatic hydroxyl groups is 1. The van der Waals surface area contributed by atoms with Crippen LogP contribution in [-0.2, 0) is 9.59 Å². The maximum Gasteiger partial charge on any atom is 0.248 e. The summed E-state index contributed by atoms with van der Waals surface area (Å²) >= 11 is 0. The van der Waals surface area contributed by atoms with Crippen LogP contribution in [0.4, 0.5) is 0 Å². The van der Waals surface area contributed by atoms with Crippen molar-refractivity contribution >= 4 is 17.4 Å². The van der Waals surface area contributed by atoms with Gasteiger partial charge in [0, 0.05) is 19.5 Å². The summed E-state index contributed by atoms with van der Waals surface area (Å²) in [6.45, 7) is 2.97. The van der Waals surface area contributed by atoms with E-state index in [-0.39, 0.29) is 17.6 Å². The van der Waals surface area contributed by atoms with Crippen LogP contribution in [0.5, 0.6) is 5.75 Å². The van der Waals surface area contributed by atoms with E-state index in [2.05, 4.69) is 11.4 Å². The number of nitrogens with zero attached hydrogens (tertiary/aromatic N) is 1. The highest BCUT2D eigenvalue weighted by molar-refractivity contribution is 5.95. The van der Waals surface area contributed by atoms with E-state index in [0.717, 1.165) is 17.6 Å². The van der Waals surface area contributed by atoms with Crippen molar-refractivity contribution in [3.8, 4) is 5.75 Å². The Labute approximate surface area is 129 Å². The van der Waals surface area contributed by atoms with E-state index in [0.29, 0.717) is 25.9 Å². The van der Waals surface area contributed by atoms with E-state index < -0.39 is 5.54 Å². The van der Waals surface area contributed by atoms with Gasteiger partial charge in [0.15, 0.2) is 0 Å². The lowest BCUT2D eigenvalue weighted by Gasteiger charge is -2.34. The molecule has 5 heteroatoms.